The molecule has 0 amide bonds. The molecule has 0 saturated heterocycles. The molecule has 2 aliphatic rings. The van der Waals surface area contributed by atoms with Crippen molar-refractivity contribution < 1.29 is 29.4 Å². The topological polar surface area (TPSA) is 30.9 Å². The van der Waals surface area contributed by atoms with Gasteiger partial charge >= 0.3 is 20.1 Å². The average molecular weight is 740 g/mol. The third-order valence-electron chi connectivity index (χ3n) is 8.55. The maximum absolute atomic E-state index is 6.44. The Bertz CT molecular complexity index is 1860. The minimum atomic E-state index is 0. The molecule has 0 unspecified atom stereocenters. The molecule has 0 bridgehead atoms. The van der Waals surface area contributed by atoms with Crippen LogP contribution in [-0.4, -0.2) is 9.55 Å². The monoisotopic (exact) mass is 740 g/mol. The molecule has 214 valence electrons. The van der Waals surface area contributed by atoms with Crippen molar-refractivity contribution in [2.45, 2.75) is 51.4 Å². The van der Waals surface area contributed by atoms with Gasteiger partial charge in [0.25, 0.3) is 6.33 Å². The molecule has 4 nitrogen and oxygen atoms in total. The smallest absolute Gasteiger partial charge is 0.523 e. The van der Waals surface area contributed by atoms with E-state index in [1.165, 1.54) is 17.5 Å². The van der Waals surface area contributed by atoms with Crippen LogP contribution >= 0.6 is 0 Å². The van der Waals surface area contributed by atoms with E-state index in [1.54, 1.807) is 6.20 Å². The van der Waals surface area contributed by atoms with Gasteiger partial charge < -0.3 is 14.3 Å². The first-order valence-corrected chi connectivity index (χ1v) is 14.5. The molecule has 1 aliphatic heterocycles. The first-order chi connectivity index (χ1) is 20.3. The van der Waals surface area contributed by atoms with E-state index in [2.05, 4.69) is 103 Å². The fourth-order valence-electron chi connectivity index (χ4n) is 6.05. The summed E-state index contributed by atoms with van der Waals surface area (Å²) in [4.78, 5) is 4.22. The van der Waals surface area contributed by atoms with Gasteiger partial charge in [0.05, 0.1) is 11.2 Å². The summed E-state index contributed by atoms with van der Waals surface area (Å²) in [5.41, 5.74) is 9.05. The SMILES string of the molecule is CC1(C)CCC(C)(C)c2cc3c([c-]c21)-[n+]1[c-]n(-c2ccccc2)c2cccc(c21)O3.[Ir+3].[c-]1ccccc1-c1ccccn1. The average Bonchev–Trinajstić information content (AvgIpc) is 3.42. The Kier molecular flexibility index (Phi) is 7.58. The van der Waals surface area contributed by atoms with Crippen LogP contribution in [0.3, 0.4) is 0 Å². The van der Waals surface area contributed by atoms with Crippen molar-refractivity contribution in [3.8, 4) is 34.1 Å². The van der Waals surface area contributed by atoms with Gasteiger partial charge in [-0.3, -0.25) is 4.57 Å². The third-order valence-corrected chi connectivity index (χ3v) is 8.55. The number of hydrogen-bond acceptors (Lipinski definition) is 2. The minimum absolute atomic E-state index is 0. The number of ether oxygens (including phenoxy) is 1. The van der Waals surface area contributed by atoms with E-state index in [4.69, 9.17) is 4.74 Å². The molecule has 5 heteroatoms. The molecule has 6 aromatic rings. The van der Waals surface area contributed by atoms with Crippen LogP contribution in [0.4, 0.5) is 0 Å². The molecular formula is C38H33IrN3O+. The first kappa shape index (κ1) is 29.0. The number of fused-ring (bicyclic) bond motifs is 3. The number of pyridine rings is 1. The van der Waals surface area contributed by atoms with Crippen molar-refractivity contribution in [3.63, 3.8) is 0 Å². The summed E-state index contributed by atoms with van der Waals surface area (Å²) >= 11 is 0. The van der Waals surface area contributed by atoms with Gasteiger partial charge in [0.2, 0.25) is 0 Å². The maximum atomic E-state index is 6.44. The van der Waals surface area contributed by atoms with E-state index in [1.807, 2.05) is 54.6 Å². The van der Waals surface area contributed by atoms with Crippen molar-refractivity contribution in [2.24, 2.45) is 0 Å². The van der Waals surface area contributed by atoms with Gasteiger partial charge in [-0.2, -0.15) is 11.6 Å². The molecule has 0 fully saturated rings. The van der Waals surface area contributed by atoms with Crippen molar-refractivity contribution >= 4 is 11.0 Å². The Hall–Kier alpha value is -4.05. The standard InChI is InChI=1S/C27H25N2O.C11H8N.Ir/c1-26(2)13-14-27(3,4)20-16-24-22(15-19(20)26)29-17-28(18-9-6-5-7-10-18)21-11-8-12-23(30-24)25(21)29;1-2-6-10(7-3-1)11-8-4-5-9-12-11;/h5-12,16H,13-14H2,1-4H3;1-6,8-9H;/q2*-1;+3. The van der Waals surface area contributed by atoms with Gasteiger partial charge in [-0.25, -0.2) is 0 Å². The zero-order chi connectivity index (χ0) is 28.9. The fraction of sp³-hybridized carbons (Fsp3) is 0.211. The van der Waals surface area contributed by atoms with Gasteiger partial charge in [-0.1, -0.05) is 82.0 Å². The Morgan fingerprint density at radius 1 is 0.814 bits per heavy atom. The van der Waals surface area contributed by atoms with Gasteiger partial charge in [0.15, 0.2) is 0 Å². The van der Waals surface area contributed by atoms with E-state index in [9.17, 15) is 0 Å². The molecule has 1 aliphatic carbocycles. The molecular weight excluding hydrogens is 707 g/mol. The normalized spacial score (nSPS) is 15.2. The van der Waals surface area contributed by atoms with E-state index in [0.717, 1.165) is 51.6 Å². The minimum Gasteiger partial charge on any atom is -0.523 e. The second-order valence-electron chi connectivity index (χ2n) is 12.4. The molecule has 43 heavy (non-hydrogen) atoms. The van der Waals surface area contributed by atoms with Crippen LogP contribution in [0.5, 0.6) is 11.5 Å². The van der Waals surface area contributed by atoms with Crippen LogP contribution in [-0.2, 0) is 30.9 Å². The van der Waals surface area contributed by atoms with E-state index < -0.39 is 0 Å². The summed E-state index contributed by atoms with van der Waals surface area (Å²) in [7, 11) is 0. The van der Waals surface area contributed by atoms with Crippen LogP contribution in [0.1, 0.15) is 51.7 Å². The number of imidazole rings is 1. The summed E-state index contributed by atoms with van der Waals surface area (Å²) < 4.78 is 10.7. The number of nitrogens with zero attached hydrogens (tertiary/aromatic N) is 3. The Balaban J connectivity index is 0.000000213. The number of para-hydroxylation sites is 2. The molecule has 0 atom stereocenters. The predicted octanol–water partition coefficient (Wildman–Crippen LogP) is 8.51. The second-order valence-corrected chi connectivity index (χ2v) is 12.4. The summed E-state index contributed by atoms with van der Waals surface area (Å²) in [6, 6.07) is 39.4. The van der Waals surface area contributed by atoms with Crippen LogP contribution in [0.25, 0.3) is 33.7 Å². The number of benzene rings is 4. The largest absolute Gasteiger partial charge is 3.00 e. The number of hydrogen-bond donors (Lipinski definition) is 0. The summed E-state index contributed by atoms with van der Waals surface area (Å²) in [5, 5.41) is 0. The van der Waals surface area contributed by atoms with Gasteiger partial charge in [-0.15, -0.1) is 47.5 Å². The van der Waals surface area contributed by atoms with Gasteiger partial charge in [-0.05, 0) is 47.5 Å². The van der Waals surface area contributed by atoms with Crippen molar-refractivity contribution in [1.82, 2.24) is 9.55 Å². The fourth-order valence-corrected chi connectivity index (χ4v) is 6.05. The van der Waals surface area contributed by atoms with Gasteiger partial charge in [0, 0.05) is 11.9 Å². The van der Waals surface area contributed by atoms with Crippen LogP contribution in [0.2, 0.25) is 0 Å². The van der Waals surface area contributed by atoms with Crippen LogP contribution in [0.15, 0.2) is 103 Å². The molecule has 0 saturated carbocycles. The summed E-state index contributed by atoms with van der Waals surface area (Å²) in [6.45, 7) is 9.34. The molecule has 0 N–H and O–H groups in total. The van der Waals surface area contributed by atoms with Crippen molar-refractivity contribution in [2.75, 3.05) is 0 Å². The quantitative estimate of drug-likeness (QED) is 0.132. The van der Waals surface area contributed by atoms with Crippen LogP contribution in [0, 0.1) is 18.5 Å². The Labute approximate surface area is 267 Å². The zero-order valence-electron chi connectivity index (χ0n) is 24.8. The molecule has 3 heterocycles. The molecule has 2 aromatic heterocycles. The molecule has 8 rings (SSSR count). The molecule has 0 spiro atoms. The summed E-state index contributed by atoms with van der Waals surface area (Å²) in [6.07, 6.45) is 7.70. The first-order valence-electron chi connectivity index (χ1n) is 14.5. The second kappa shape index (κ2) is 11.2. The molecule has 0 radical (unpaired) electrons. The Morgan fingerprint density at radius 2 is 1.58 bits per heavy atom. The van der Waals surface area contributed by atoms with E-state index in [0.29, 0.717) is 0 Å². The van der Waals surface area contributed by atoms with Crippen molar-refractivity contribution in [1.29, 1.82) is 0 Å². The number of rotatable bonds is 2. The predicted molar refractivity (Wildman–Crippen MR) is 166 cm³/mol. The third kappa shape index (κ3) is 5.22. The van der Waals surface area contributed by atoms with Gasteiger partial charge in [0.1, 0.15) is 11.3 Å². The maximum Gasteiger partial charge on any atom is 3.00 e. The van der Waals surface area contributed by atoms with E-state index in [-0.39, 0.29) is 30.9 Å². The molecule has 4 aromatic carbocycles. The Morgan fingerprint density at radius 3 is 2.33 bits per heavy atom. The number of aromatic nitrogens is 3. The van der Waals surface area contributed by atoms with E-state index >= 15 is 0 Å². The van der Waals surface area contributed by atoms with Crippen molar-refractivity contribution in [3.05, 3.63) is 133 Å². The van der Waals surface area contributed by atoms with Crippen LogP contribution < -0.4 is 9.30 Å². The zero-order valence-corrected chi connectivity index (χ0v) is 27.2. The summed E-state index contributed by atoms with van der Waals surface area (Å²) in [5.74, 6) is 1.73.